The van der Waals surface area contributed by atoms with Gasteiger partial charge >= 0.3 is 0 Å². The number of amides is 1. The smallest absolute Gasteiger partial charge is 0.271 e. The molecule has 0 atom stereocenters. The van der Waals surface area contributed by atoms with Crippen molar-refractivity contribution in [2.75, 3.05) is 31.7 Å². The standard InChI is InChI=1S/C17H22N4O2/c1-3-21(13-14-7-5-4-6-8-14)16-12-19-15(11-20-16)17(22)18-9-10-23-2/h4-8,11-12H,3,9-10,13H2,1-2H3,(H,18,22). The van der Waals surface area contributed by atoms with Crippen LogP contribution in [0.4, 0.5) is 5.82 Å². The van der Waals surface area contributed by atoms with E-state index in [1.165, 1.54) is 11.8 Å². The van der Waals surface area contributed by atoms with Crippen molar-refractivity contribution in [2.45, 2.75) is 13.5 Å². The second kappa shape index (κ2) is 8.85. The molecule has 2 rings (SSSR count). The molecule has 0 radical (unpaired) electrons. The molecule has 0 fully saturated rings. The monoisotopic (exact) mass is 314 g/mol. The Bertz CT molecular complexity index is 602. The maximum absolute atomic E-state index is 11.9. The van der Waals surface area contributed by atoms with E-state index in [4.69, 9.17) is 4.74 Å². The fraction of sp³-hybridized carbons (Fsp3) is 0.353. The number of rotatable bonds is 8. The summed E-state index contributed by atoms with van der Waals surface area (Å²) in [6.07, 6.45) is 3.14. The number of carbonyl (C=O) groups excluding carboxylic acids is 1. The van der Waals surface area contributed by atoms with Gasteiger partial charge in [0.05, 0.1) is 19.0 Å². The van der Waals surface area contributed by atoms with Crippen molar-refractivity contribution in [3.8, 4) is 0 Å². The van der Waals surface area contributed by atoms with Gasteiger partial charge < -0.3 is 15.0 Å². The summed E-state index contributed by atoms with van der Waals surface area (Å²) in [6.45, 7) is 4.55. The fourth-order valence-corrected chi connectivity index (χ4v) is 2.12. The van der Waals surface area contributed by atoms with Crippen molar-refractivity contribution in [3.63, 3.8) is 0 Å². The molecule has 1 aromatic heterocycles. The second-order valence-electron chi connectivity index (χ2n) is 5.01. The van der Waals surface area contributed by atoms with Gasteiger partial charge in [-0.25, -0.2) is 9.97 Å². The lowest BCUT2D eigenvalue weighted by Crippen LogP contribution is -2.28. The number of aromatic nitrogens is 2. The predicted octanol–water partition coefficient (Wildman–Crippen LogP) is 1.88. The summed E-state index contributed by atoms with van der Waals surface area (Å²) >= 11 is 0. The molecule has 0 spiro atoms. The summed E-state index contributed by atoms with van der Waals surface area (Å²) in [5.41, 5.74) is 1.51. The van der Waals surface area contributed by atoms with Crippen molar-refractivity contribution in [1.29, 1.82) is 0 Å². The molecular formula is C17H22N4O2. The number of ether oxygens (including phenoxy) is 1. The van der Waals surface area contributed by atoms with Crippen LogP contribution in [0.25, 0.3) is 0 Å². The summed E-state index contributed by atoms with van der Waals surface area (Å²) in [5, 5.41) is 2.72. The van der Waals surface area contributed by atoms with Crippen LogP contribution >= 0.6 is 0 Å². The van der Waals surface area contributed by atoms with E-state index in [2.05, 4.69) is 39.2 Å². The zero-order valence-electron chi connectivity index (χ0n) is 13.5. The molecule has 122 valence electrons. The molecule has 1 heterocycles. The highest BCUT2D eigenvalue weighted by Crippen LogP contribution is 2.13. The van der Waals surface area contributed by atoms with Crippen LogP contribution in [0.2, 0.25) is 0 Å². The molecule has 6 heteroatoms. The number of anilines is 1. The van der Waals surface area contributed by atoms with Gasteiger partial charge in [0.15, 0.2) is 0 Å². The maximum atomic E-state index is 11.9. The first kappa shape index (κ1) is 16.9. The molecular weight excluding hydrogens is 292 g/mol. The van der Waals surface area contributed by atoms with E-state index in [-0.39, 0.29) is 5.91 Å². The Balaban J connectivity index is 2.00. The molecule has 1 aromatic carbocycles. The number of carbonyl (C=O) groups is 1. The maximum Gasteiger partial charge on any atom is 0.271 e. The summed E-state index contributed by atoms with van der Waals surface area (Å²) in [7, 11) is 1.59. The molecule has 6 nitrogen and oxygen atoms in total. The van der Waals surface area contributed by atoms with Crippen LogP contribution in [-0.2, 0) is 11.3 Å². The third-order valence-electron chi connectivity index (χ3n) is 3.38. The average Bonchev–Trinajstić information content (AvgIpc) is 2.61. The topological polar surface area (TPSA) is 67.4 Å². The highest BCUT2D eigenvalue weighted by Gasteiger charge is 2.11. The lowest BCUT2D eigenvalue weighted by atomic mass is 10.2. The van der Waals surface area contributed by atoms with Gasteiger partial charge in [0.1, 0.15) is 11.5 Å². The summed E-state index contributed by atoms with van der Waals surface area (Å²) in [4.78, 5) is 22.6. The summed E-state index contributed by atoms with van der Waals surface area (Å²) in [5.74, 6) is 0.511. The van der Waals surface area contributed by atoms with Crippen LogP contribution < -0.4 is 10.2 Å². The summed E-state index contributed by atoms with van der Waals surface area (Å²) < 4.78 is 4.89. The third kappa shape index (κ3) is 5.03. The van der Waals surface area contributed by atoms with Gasteiger partial charge in [-0.1, -0.05) is 30.3 Å². The van der Waals surface area contributed by atoms with Crippen molar-refractivity contribution >= 4 is 11.7 Å². The van der Waals surface area contributed by atoms with E-state index in [9.17, 15) is 4.79 Å². The van der Waals surface area contributed by atoms with E-state index in [0.29, 0.717) is 18.8 Å². The van der Waals surface area contributed by atoms with Crippen molar-refractivity contribution in [3.05, 3.63) is 54.0 Å². The molecule has 1 N–H and O–H groups in total. The first-order valence-electron chi connectivity index (χ1n) is 7.62. The van der Waals surface area contributed by atoms with Crippen LogP contribution in [0.3, 0.4) is 0 Å². The van der Waals surface area contributed by atoms with E-state index >= 15 is 0 Å². The van der Waals surface area contributed by atoms with Crippen molar-refractivity contribution in [2.24, 2.45) is 0 Å². The van der Waals surface area contributed by atoms with Crippen LogP contribution in [0.5, 0.6) is 0 Å². The van der Waals surface area contributed by atoms with E-state index in [0.717, 1.165) is 18.9 Å². The minimum absolute atomic E-state index is 0.243. The molecule has 2 aromatic rings. The predicted molar refractivity (Wildman–Crippen MR) is 89.4 cm³/mol. The zero-order valence-corrected chi connectivity index (χ0v) is 13.5. The molecule has 0 aliphatic rings. The van der Waals surface area contributed by atoms with Crippen LogP contribution in [0.15, 0.2) is 42.7 Å². The van der Waals surface area contributed by atoms with Crippen LogP contribution in [0, 0.1) is 0 Å². The van der Waals surface area contributed by atoms with Crippen LogP contribution in [-0.4, -0.2) is 42.7 Å². The summed E-state index contributed by atoms with van der Waals surface area (Å²) in [6, 6.07) is 10.2. The average molecular weight is 314 g/mol. The number of nitrogens with zero attached hydrogens (tertiary/aromatic N) is 3. The van der Waals surface area contributed by atoms with Crippen molar-refractivity contribution in [1.82, 2.24) is 15.3 Å². The van der Waals surface area contributed by atoms with Crippen molar-refractivity contribution < 1.29 is 9.53 Å². The van der Waals surface area contributed by atoms with Gasteiger partial charge in [-0.2, -0.15) is 0 Å². The van der Waals surface area contributed by atoms with E-state index < -0.39 is 0 Å². The zero-order chi connectivity index (χ0) is 16.5. The van der Waals surface area contributed by atoms with E-state index in [1.807, 2.05) is 18.2 Å². The first-order valence-corrected chi connectivity index (χ1v) is 7.62. The number of nitrogens with one attached hydrogen (secondary N) is 1. The largest absolute Gasteiger partial charge is 0.383 e. The number of hydrogen-bond acceptors (Lipinski definition) is 5. The number of methoxy groups -OCH3 is 1. The quantitative estimate of drug-likeness (QED) is 0.754. The fourth-order valence-electron chi connectivity index (χ4n) is 2.12. The minimum atomic E-state index is -0.243. The molecule has 23 heavy (non-hydrogen) atoms. The van der Waals surface area contributed by atoms with E-state index in [1.54, 1.807) is 13.3 Å². The first-order chi connectivity index (χ1) is 11.2. The van der Waals surface area contributed by atoms with Gasteiger partial charge in [0, 0.05) is 26.7 Å². The lowest BCUT2D eigenvalue weighted by Gasteiger charge is -2.21. The SMILES string of the molecule is CCN(Cc1ccccc1)c1cnc(C(=O)NCCOC)cn1. The molecule has 1 amide bonds. The Morgan fingerprint density at radius 2 is 2.00 bits per heavy atom. The van der Waals surface area contributed by atoms with Gasteiger partial charge in [0.25, 0.3) is 5.91 Å². The molecule has 0 saturated carbocycles. The molecule has 0 aliphatic carbocycles. The minimum Gasteiger partial charge on any atom is -0.383 e. The van der Waals surface area contributed by atoms with Gasteiger partial charge in [-0.15, -0.1) is 0 Å². The third-order valence-corrected chi connectivity index (χ3v) is 3.38. The van der Waals surface area contributed by atoms with Crippen LogP contribution in [0.1, 0.15) is 23.0 Å². The molecule has 0 saturated heterocycles. The molecule has 0 unspecified atom stereocenters. The van der Waals surface area contributed by atoms with Gasteiger partial charge in [-0.3, -0.25) is 4.79 Å². The Morgan fingerprint density at radius 3 is 2.61 bits per heavy atom. The normalized spacial score (nSPS) is 10.3. The Labute approximate surface area is 136 Å². The lowest BCUT2D eigenvalue weighted by molar-refractivity contribution is 0.0931. The van der Waals surface area contributed by atoms with Gasteiger partial charge in [0.2, 0.25) is 0 Å². The van der Waals surface area contributed by atoms with Gasteiger partial charge in [-0.05, 0) is 12.5 Å². The molecule has 0 aliphatic heterocycles. The Hall–Kier alpha value is -2.47. The Morgan fingerprint density at radius 1 is 1.22 bits per heavy atom. The highest BCUT2D eigenvalue weighted by atomic mass is 16.5. The highest BCUT2D eigenvalue weighted by molar-refractivity contribution is 5.91. The Kier molecular flexibility index (Phi) is 6.50. The second-order valence-corrected chi connectivity index (χ2v) is 5.01. The number of hydrogen-bond donors (Lipinski definition) is 1. The molecule has 0 bridgehead atoms. The number of benzene rings is 1.